The molecule has 0 aromatic heterocycles. The Morgan fingerprint density at radius 2 is 1.85 bits per heavy atom. The highest BCUT2D eigenvalue weighted by molar-refractivity contribution is 5.88. The molecule has 3 heteroatoms. The van der Waals surface area contributed by atoms with Gasteiger partial charge in [0.25, 0.3) is 0 Å². The molecule has 2 saturated carbocycles. The molecule has 2 bridgehead atoms. The Labute approximate surface area is 154 Å². The number of hydrogen-bond acceptors (Lipinski definition) is 2. The molecule has 1 aliphatic heterocycles. The fourth-order valence-corrected chi connectivity index (χ4v) is 6.02. The van der Waals surface area contributed by atoms with E-state index in [4.69, 9.17) is 0 Å². The molecule has 2 fully saturated rings. The van der Waals surface area contributed by atoms with Crippen LogP contribution >= 0.6 is 0 Å². The van der Waals surface area contributed by atoms with Gasteiger partial charge in [0.05, 0.1) is 11.6 Å². The van der Waals surface area contributed by atoms with Crippen molar-refractivity contribution in [2.75, 3.05) is 5.32 Å². The van der Waals surface area contributed by atoms with E-state index < -0.39 is 5.97 Å². The molecule has 3 aliphatic rings. The van der Waals surface area contributed by atoms with E-state index in [-0.39, 0.29) is 0 Å². The van der Waals surface area contributed by atoms with Crippen LogP contribution < -0.4 is 5.32 Å². The van der Waals surface area contributed by atoms with E-state index in [0.717, 1.165) is 11.6 Å². The van der Waals surface area contributed by atoms with Crippen molar-refractivity contribution in [1.82, 2.24) is 0 Å². The number of carboxylic acid groups (broad SMARTS) is 1. The number of nitrogens with one attached hydrogen (secondary N) is 1. The van der Waals surface area contributed by atoms with Crippen LogP contribution in [0.4, 0.5) is 5.69 Å². The van der Waals surface area contributed by atoms with E-state index in [0.29, 0.717) is 29.4 Å². The lowest BCUT2D eigenvalue weighted by Gasteiger charge is -2.44. The third-order valence-corrected chi connectivity index (χ3v) is 7.10. The molecular weight excluding hydrogens is 322 g/mol. The number of anilines is 1. The van der Waals surface area contributed by atoms with Gasteiger partial charge in [-0.25, -0.2) is 4.79 Å². The molecule has 2 aliphatic carbocycles. The van der Waals surface area contributed by atoms with Crippen LogP contribution in [0.25, 0.3) is 0 Å². The largest absolute Gasteiger partial charge is 0.478 e. The first-order valence-electron chi connectivity index (χ1n) is 9.74. The van der Waals surface area contributed by atoms with Crippen LogP contribution in [0, 0.1) is 31.6 Å². The van der Waals surface area contributed by atoms with Crippen molar-refractivity contribution in [2.45, 2.75) is 45.1 Å². The zero-order valence-electron chi connectivity index (χ0n) is 15.3. The Balaban J connectivity index is 1.66. The molecule has 2 aromatic rings. The SMILES string of the molecule is Cc1ccc(C)c([C@@H]2Nc3ccc(C(=O)O)cc3[C@@H]3[C@H]4CC[C@@H](C4)[C@H]32)c1. The second-order valence-electron chi connectivity index (χ2n) is 8.53. The van der Waals surface area contributed by atoms with Crippen LogP contribution in [0.5, 0.6) is 0 Å². The Bertz CT molecular complexity index is 903. The van der Waals surface area contributed by atoms with Crippen molar-refractivity contribution >= 4 is 11.7 Å². The first-order chi connectivity index (χ1) is 12.5. The summed E-state index contributed by atoms with van der Waals surface area (Å²) in [6, 6.07) is 12.7. The highest BCUT2D eigenvalue weighted by Crippen LogP contribution is 2.63. The van der Waals surface area contributed by atoms with E-state index in [1.165, 1.54) is 41.5 Å². The lowest BCUT2D eigenvalue weighted by Crippen LogP contribution is -2.36. The van der Waals surface area contributed by atoms with Gasteiger partial charge in [-0.3, -0.25) is 0 Å². The zero-order chi connectivity index (χ0) is 18.0. The molecule has 26 heavy (non-hydrogen) atoms. The molecule has 3 nitrogen and oxygen atoms in total. The average Bonchev–Trinajstić information content (AvgIpc) is 3.25. The number of benzene rings is 2. The van der Waals surface area contributed by atoms with E-state index in [1.54, 1.807) is 6.07 Å². The summed E-state index contributed by atoms with van der Waals surface area (Å²) in [6.45, 7) is 4.37. The lowest BCUT2D eigenvalue weighted by atomic mass is 9.67. The maximum absolute atomic E-state index is 11.5. The van der Waals surface area contributed by atoms with Crippen LogP contribution in [-0.4, -0.2) is 11.1 Å². The minimum atomic E-state index is -0.829. The minimum Gasteiger partial charge on any atom is -0.478 e. The zero-order valence-corrected chi connectivity index (χ0v) is 15.3. The van der Waals surface area contributed by atoms with Gasteiger partial charge >= 0.3 is 5.97 Å². The molecule has 134 valence electrons. The van der Waals surface area contributed by atoms with Crippen LogP contribution in [-0.2, 0) is 0 Å². The predicted molar refractivity (Wildman–Crippen MR) is 103 cm³/mol. The quantitative estimate of drug-likeness (QED) is 0.775. The second kappa shape index (κ2) is 5.60. The molecule has 5 atom stereocenters. The van der Waals surface area contributed by atoms with Crippen molar-refractivity contribution in [2.24, 2.45) is 17.8 Å². The third kappa shape index (κ3) is 2.22. The van der Waals surface area contributed by atoms with Crippen molar-refractivity contribution in [3.05, 3.63) is 64.2 Å². The standard InChI is InChI=1S/C23H25NO2/c1-12-3-4-13(2)17(9-12)22-21-15-6-5-14(10-15)20(21)18-11-16(23(25)26)7-8-19(18)24-22/h3-4,7-9,11,14-15,20-22,24H,5-6,10H2,1-2H3,(H,25,26)/t14-,15-,20-,21+,22-/m0/s1. The summed E-state index contributed by atoms with van der Waals surface area (Å²) in [6.07, 6.45) is 3.92. The van der Waals surface area contributed by atoms with Gasteiger partial charge in [-0.2, -0.15) is 0 Å². The topological polar surface area (TPSA) is 49.3 Å². The molecule has 5 rings (SSSR count). The van der Waals surface area contributed by atoms with Crippen LogP contribution in [0.1, 0.15) is 63.8 Å². The smallest absolute Gasteiger partial charge is 0.335 e. The first-order valence-corrected chi connectivity index (χ1v) is 9.74. The van der Waals surface area contributed by atoms with Gasteiger partial charge in [0.1, 0.15) is 0 Å². The number of hydrogen-bond donors (Lipinski definition) is 2. The molecule has 0 radical (unpaired) electrons. The van der Waals surface area contributed by atoms with Crippen LogP contribution in [0.3, 0.4) is 0 Å². The van der Waals surface area contributed by atoms with Gasteiger partial charge in [-0.1, -0.05) is 23.8 Å². The summed E-state index contributed by atoms with van der Waals surface area (Å²) in [5.74, 6) is 1.70. The number of carboxylic acids is 1. The molecule has 2 N–H and O–H groups in total. The molecule has 0 spiro atoms. The minimum absolute atomic E-state index is 0.332. The van der Waals surface area contributed by atoms with Gasteiger partial charge in [-0.15, -0.1) is 0 Å². The van der Waals surface area contributed by atoms with Gasteiger partial charge in [0.2, 0.25) is 0 Å². The van der Waals surface area contributed by atoms with Crippen LogP contribution in [0.15, 0.2) is 36.4 Å². The molecule has 0 amide bonds. The first kappa shape index (κ1) is 15.9. The summed E-state index contributed by atoms with van der Waals surface area (Å²) in [5, 5.41) is 13.2. The highest BCUT2D eigenvalue weighted by atomic mass is 16.4. The normalized spacial score (nSPS) is 31.2. The van der Waals surface area contributed by atoms with Crippen molar-refractivity contribution in [1.29, 1.82) is 0 Å². The maximum atomic E-state index is 11.5. The third-order valence-electron chi connectivity index (χ3n) is 7.10. The average molecular weight is 347 g/mol. The summed E-state index contributed by atoms with van der Waals surface area (Å²) >= 11 is 0. The fourth-order valence-electron chi connectivity index (χ4n) is 6.02. The van der Waals surface area contributed by atoms with Gasteiger partial charge < -0.3 is 10.4 Å². The van der Waals surface area contributed by atoms with Crippen molar-refractivity contribution < 1.29 is 9.90 Å². The monoisotopic (exact) mass is 347 g/mol. The fraction of sp³-hybridized carbons (Fsp3) is 0.435. The summed E-state index contributed by atoms with van der Waals surface area (Å²) in [5.41, 5.74) is 6.86. The molecule has 2 aromatic carbocycles. The maximum Gasteiger partial charge on any atom is 0.335 e. The Morgan fingerprint density at radius 1 is 1.04 bits per heavy atom. The van der Waals surface area contributed by atoms with E-state index in [1.807, 2.05) is 12.1 Å². The number of aryl methyl sites for hydroxylation is 2. The van der Waals surface area contributed by atoms with E-state index in [2.05, 4.69) is 37.4 Å². The number of aromatic carboxylic acids is 1. The van der Waals surface area contributed by atoms with E-state index in [9.17, 15) is 9.90 Å². The second-order valence-corrected chi connectivity index (χ2v) is 8.53. The molecular formula is C23H25NO2. The van der Waals surface area contributed by atoms with Crippen molar-refractivity contribution in [3.8, 4) is 0 Å². The van der Waals surface area contributed by atoms with Gasteiger partial charge in [0, 0.05) is 5.69 Å². The van der Waals surface area contributed by atoms with Crippen molar-refractivity contribution in [3.63, 3.8) is 0 Å². The summed E-state index contributed by atoms with van der Waals surface area (Å²) < 4.78 is 0. The predicted octanol–water partition coefficient (Wildman–Crippen LogP) is 5.30. The van der Waals surface area contributed by atoms with Gasteiger partial charge in [-0.05, 0) is 91.7 Å². The van der Waals surface area contributed by atoms with Gasteiger partial charge in [0.15, 0.2) is 0 Å². The Morgan fingerprint density at radius 3 is 2.65 bits per heavy atom. The van der Waals surface area contributed by atoms with Crippen LogP contribution in [0.2, 0.25) is 0 Å². The Kier molecular flexibility index (Phi) is 3.43. The molecule has 0 unspecified atom stereocenters. The number of fused-ring (bicyclic) bond motifs is 7. The summed E-state index contributed by atoms with van der Waals surface area (Å²) in [4.78, 5) is 11.5. The van der Waals surface area contributed by atoms with E-state index >= 15 is 0 Å². The lowest BCUT2D eigenvalue weighted by molar-refractivity contribution is 0.0696. The molecule has 1 heterocycles. The Hall–Kier alpha value is -2.29. The summed E-state index contributed by atoms with van der Waals surface area (Å²) in [7, 11) is 0. The number of carbonyl (C=O) groups is 1. The highest BCUT2D eigenvalue weighted by Gasteiger charge is 2.54. The molecule has 0 saturated heterocycles. The number of rotatable bonds is 2.